The molecular weight excluding hydrogens is 497 g/mol. The number of benzene rings is 1. The number of rotatable bonds is 1. The second-order valence-corrected chi connectivity index (χ2v) is 10.1. The van der Waals surface area contributed by atoms with Gasteiger partial charge in [0.15, 0.2) is 0 Å². The first-order chi connectivity index (χ1) is 18.3. The Morgan fingerprint density at radius 3 is 2.45 bits per heavy atom. The number of hydrogen-bond acceptors (Lipinski definition) is 7. The first kappa shape index (κ1) is 27.9. The zero-order valence-corrected chi connectivity index (χ0v) is 21.7. The molecule has 3 saturated heterocycles. The molecular formula is C26H36FN5O6. The molecule has 0 aromatic heterocycles. The molecule has 0 aliphatic carbocycles. The second-order valence-electron chi connectivity index (χ2n) is 10.1. The first-order valence-electron chi connectivity index (χ1n) is 13.0. The first-order valence-corrected chi connectivity index (χ1v) is 13.0. The standard InChI is InChI=1S/C26H36FN5O6/c1-30-11-12-32-21(17-30)24(35)28-8-13-37-14-15-38-18-22(33)29-26(16-23(32)34)6-9-31(10-7-26)25(36)19-2-4-20(27)5-3-19/h2-5,21H,6-18H2,1H3,(H,28,35)(H,29,33)/t21-/m0/s1. The second kappa shape index (κ2) is 12.6. The van der Waals surface area contributed by atoms with Crippen LogP contribution in [0.2, 0.25) is 0 Å². The molecule has 4 rings (SSSR count). The lowest BCUT2D eigenvalue weighted by molar-refractivity contribution is -0.146. The van der Waals surface area contributed by atoms with E-state index in [0.29, 0.717) is 64.3 Å². The Labute approximate surface area is 221 Å². The van der Waals surface area contributed by atoms with Crippen molar-refractivity contribution in [3.63, 3.8) is 0 Å². The van der Waals surface area contributed by atoms with Crippen LogP contribution in [0.3, 0.4) is 0 Å². The number of piperidine rings is 1. The minimum Gasteiger partial charge on any atom is -0.377 e. The summed E-state index contributed by atoms with van der Waals surface area (Å²) in [4.78, 5) is 57.7. The fourth-order valence-corrected chi connectivity index (χ4v) is 5.17. The van der Waals surface area contributed by atoms with Crippen LogP contribution in [0.1, 0.15) is 29.6 Å². The van der Waals surface area contributed by atoms with Gasteiger partial charge in [-0.15, -0.1) is 0 Å². The zero-order valence-electron chi connectivity index (χ0n) is 21.7. The van der Waals surface area contributed by atoms with Gasteiger partial charge in [-0.05, 0) is 44.2 Å². The maximum atomic E-state index is 13.6. The van der Waals surface area contributed by atoms with E-state index in [1.54, 1.807) is 9.80 Å². The van der Waals surface area contributed by atoms with Gasteiger partial charge in [-0.2, -0.15) is 0 Å². The van der Waals surface area contributed by atoms with E-state index in [4.69, 9.17) is 9.47 Å². The van der Waals surface area contributed by atoms with Gasteiger partial charge in [-0.3, -0.25) is 19.2 Å². The van der Waals surface area contributed by atoms with Crippen molar-refractivity contribution >= 4 is 23.6 Å². The Hall–Kier alpha value is -3.09. The minimum atomic E-state index is -0.894. The number of piperazine rings is 1. The highest BCUT2D eigenvalue weighted by atomic mass is 19.1. The number of ether oxygens (including phenoxy) is 2. The van der Waals surface area contributed by atoms with Crippen LogP contribution >= 0.6 is 0 Å². The van der Waals surface area contributed by atoms with Gasteiger partial charge in [0.1, 0.15) is 18.5 Å². The summed E-state index contributed by atoms with van der Waals surface area (Å²) in [5.41, 5.74) is -0.517. The topological polar surface area (TPSA) is 121 Å². The van der Waals surface area contributed by atoms with Crippen molar-refractivity contribution in [3.05, 3.63) is 35.6 Å². The van der Waals surface area contributed by atoms with E-state index in [1.807, 2.05) is 11.9 Å². The zero-order chi connectivity index (χ0) is 27.1. The van der Waals surface area contributed by atoms with Gasteiger partial charge >= 0.3 is 0 Å². The molecule has 1 spiro atoms. The Balaban J connectivity index is 1.51. The summed E-state index contributed by atoms with van der Waals surface area (Å²) < 4.78 is 24.2. The van der Waals surface area contributed by atoms with Gasteiger partial charge < -0.3 is 34.8 Å². The molecule has 3 aliphatic rings. The van der Waals surface area contributed by atoms with Crippen molar-refractivity contribution in [2.45, 2.75) is 30.8 Å². The molecule has 12 heteroatoms. The molecule has 1 aromatic rings. The van der Waals surface area contributed by atoms with E-state index < -0.39 is 17.4 Å². The van der Waals surface area contributed by atoms with Crippen LogP contribution in [0.4, 0.5) is 4.39 Å². The van der Waals surface area contributed by atoms with Crippen LogP contribution in [-0.4, -0.2) is 123 Å². The number of fused-ring (bicyclic) bond motifs is 1. The fraction of sp³-hybridized carbons (Fsp3) is 0.615. The molecule has 3 fully saturated rings. The lowest BCUT2D eigenvalue weighted by Crippen LogP contribution is -2.63. The number of halogens is 1. The van der Waals surface area contributed by atoms with E-state index >= 15 is 0 Å². The predicted octanol–water partition coefficient (Wildman–Crippen LogP) is -0.388. The smallest absolute Gasteiger partial charge is 0.253 e. The van der Waals surface area contributed by atoms with E-state index in [0.717, 1.165) is 0 Å². The van der Waals surface area contributed by atoms with E-state index in [1.165, 1.54) is 24.3 Å². The molecule has 0 saturated carbocycles. The number of carbonyl (C=O) groups excluding carboxylic acids is 4. The molecule has 208 valence electrons. The summed E-state index contributed by atoms with van der Waals surface area (Å²) in [5, 5.41) is 5.87. The molecule has 4 amide bonds. The summed E-state index contributed by atoms with van der Waals surface area (Å²) in [5.74, 6) is -1.47. The SMILES string of the molecule is CN1CCN2C(=O)CC3(CCN(C(=O)c4ccc(F)cc4)CC3)NC(=O)COCCOCCNC(=O)[C@@H]2C1. The molecule has 11 nitrogen and oxygen atoms in total. The van der Waals surface area contributed by atoms with Crippen molar-refractivity contribution in [2.75, 3.05) is 72.7 Å². The summed E-state index contributed by atoms with van der Waals surface area (Å²) in [6, 6.07) is 4.73. The summed E-state index contributed by atoms with van der Waals surface area (Å²) >= 11 is 0. The van der Waals surface area contributed by atoms with Crippen LogP contribution in [0.25, 0.3) is 0 Å². The third-order valence-corrected chi connectivity index (χ3v) is 7.35. The van der Waals surface area contributed by atoms with Crippen molar-refractivity contribution in [3.8, 4) is 0 Å². The van der Waals surface area contributed by atoms with Crippen LogP contribution in [-0.2, 0) is 23.9 Å². The summed E-state index contributed by atoms with van der Waals surface area (Å²) in [6.45, 7) is 2.99. The van der Waals surface area contributed by atoms with Crippen molar-refractivity contribution in [1.82, 2.24) is 25.3 Å². The van der Waals surface area contributed by atoms with Gasteiger partial charge in [-0.1, -0.05) is 0 Å². The Morgan fingerprint density at radius 2 is 1.71 bits per heavy atom. The maximum absolute atomic E-state index is 13.6. The normalized spacial score (nSPS) is 24.5. The van der Waals surface area contributed by atoms with Crippen molar-refractivity contribution in [2.24, 2.45) is 0 Å². The molecule has 1 atom stereocenters. The average molecular weight is 534 g/mol. The highest BCUT2D eigenvalue weighted by Gasteiger charge is 2.42. The number of likely N-dealkylation sites (N-methyl/N-ethyl adjacent to an activating group) is 1. The molecule has 3 aliphatic heterocycles. The quantitative estimate of drug-likeness (QED) is 0.505. The van der Waals surface area contributed by atoms with Gasteiger partial charge in [0.2, 0.25) is 17.7 Å². The number of nitrogens with zero attached hydrogens (tertiary/aromatic N) is 3. The molecule has 0 bridgehead atoms. The van der Waals surface area contributed by atoms with Crippen molar-refractivity contribution in [1.29, 1.82) is 0 Å². The molecule has 1 aromatic carbocycles. The van der Waals surface area contributed by atoms with Crippen LogP contribution in [0, 0.1) is 5.82 Å². The molecule has 0 unspecified atom stereocenters. The molecule has 0 radical (unpaired) electrons. The maximum Gasteiger partial charge on any atom is 0.253 e. The number of carbonyl (C=O) groups is 4. The predicted molar refractivity (Wildman–Crippen MR) is 135 cm³/mol. The highest BCUT2D eigenvalue weighted by Crippen LogP contribution is 2.29. The minimum absolute atomic E-state index is 0.00786. The van der Waals surface area contributed by atoms with E-state index in [2.05, 4.69) is 10.6 Å². The highest BCUT2D eigenvalue weighted by molar-refractivity contribution is 5.94. The monoisotopic (exact) mass is 533 g/mol. The van der Waals surface area contributed by atoms with E-state index in [9.17, 15) is 23.6 Å². The number of likely N-dealkylation sites (tertiary alicyclic amines) is 1. The third-order valence-electron chi connectivity index (χ3n) is 7.35. The number of nitrogens with one attached hydrogen (secondary N) is 2. The number of hydrogen-bond donors (Lipinski definition) is 2. The Kier molecular flexibility index (Phi) is 9.29. The average Bonchev–Trinajstić information content (AvgIpc) is 2.90. The van der Waals surface area contributed by atoms with Gasteiger partial charge in [0.05, 0.1) is 31.8 Å². The van der Waals surface area contributed by atoms with Gasteiger partial charge in [-0.25, -0.2) is 4.39 Å². The van der Waals surface area contributed by atoms with Crippen molar-refractivity contribution < 1.29 is 33.0 Å². The summed E-state index contributed by atoms with van der Waals surface area (Å²) in [7, 11) is 1.91. The van der Waals surface area contributed by atoms with Crippen LogP contribution in [0.5, 0.6) is 0 Å². The van der Waals surface area contributed by atoms with Gasteiger partial charge in [0, 0.05) is 44.8 Å². The largest absolute Gasteiger partial charge is 0.377 e. The molecule has 2 N–H and O–H groups in total. The molecule has 3 heterocycles. The molecule has 38 heavy (non-hydrogen) atoms. The lowest BCUT2D eigenvalue weighted by atomic mass is 9.83. The van der Waals surface area contributed by atoms with Gasteiger partial charge in [0.25, 0.3) is 5.91 Å². The fourth-order valence-electron chi connectivity index (χ4n) is 5.17. The van der Waals surface area contributed by atoms with E-state index in [-0.39, 0.29) is 49.9 Å². The Morgan fingerprint density at radius 1 is 1.00 bits per heavy atom. The lowest BCUT2D eigenvalue weighted by Gasteiger charge is -2.45. The third kappa shape index (κ3) is 7.06. The van der Waals surface area contributed by atoms with Crippen LogP contribution in [0.15, 0.2) is 24.3 Å². The van der Waals surface area contributed by atoms with Crippen LogP contribution < -0.4 is 10.6 Å². The number of amides is 4. The Bertz CT molecular complexity index is 1010. The summed E-state index contributed by atoms with van der Waals surface area (Å²) in [6.07, 6.45) is 0.712.